The van der Waals surface area contributed by atoms with Gasteiger partial charge in [-0.15, -0.1) is 11.3 Å². The molecule has 0 saturated carbocycles. The molecule has 2 aliphatic heterocycles. The standard InChI is InChI=1S/C29H27N5O10S.Na/c1-41-33-22(19-15-45-27(30)31-19)24(37)32-28(16-42-34(25(28)38)29(26(39)40)13-12-20(35)44-29)14-21(36)43-23(17-8-4-2-5-9-17)18-10-6-3-7-11-18;/h2-11,15,23H,12-14,16H2,1H3,(H2,30,31)(H,32,37)(H,39,40);/q;+1/p-1. The molecule has 2 fully saturated rings. The number of nitrogens with zero attached hydrogens (tertiary/aromatic N) is 3. The van der Waals surface area contributed by atoms with E-state index < -0.39 is 72.3 Å². The molecule has 0 spiro atoms. The Hall–Kier alpha value is -4.35. The predicted molar refractivity (Wildman–Crippen MR) is 152 cm³/mol. The molecule has 5 rings (SSSR count). The minimum absolute atomic E-state index is 0. The summed E-state index contributed by atoms with van der Waals surface area (Å²) in [5.41, 5.74) is 1.65. The fourth-order valence-corrected chi connectivity index (χ4v) is 5.47. The first-order chi connectivity index (χ1) is 21.6. The first-order valence-corrected chi connectivity index (χ1v) is 14.3. The van der Waals surface area contributed by atoms with Crippen molar-refractivity contribution in [2.24, 2.45) is 5.16 Å². The van der Waals surface area contributed by atoms with Crippen LogP contribution in [0.4, 0.5) is 5.13 Å². The molecule has 2 saturated heterocycles. The van der Waals surface area contributed by atoms with E-state index in [1.165, 1.54) is 12.5 Å². The Morgan fingerprint density at radius 2 is 1.76 bits per heavy atom. The number of esters is 2. The van der Waals surface area contributed by atoms with Gasteiger partial charge in [0.2, 0.25) is 0 Å². The van der Waals surface area contributed by atoms with Crippen LogP contribution in [0.2, 0.25) is 0 Å². The van der Waals surface area contributed by atoms with Crippen LogP contribution in [0, 0.1) is 0 Å². The van der Waals surface area contributed by atoms with Crippen molar-refractivity contribution in [1.82, 2.24) is 15.4 Å². The number of aromatic nitrogens is 1. The Bertz CT molecular complexity index is 1620. The van der Waals surface area contributed by atoms with Gasteiger partial charge >= 0.3 is 41.5 Å². The van der Waals surface area contributed by atoms with Gasteiger partial charge in [-0.3, -0.25) is 24.0 Å². The van der Waals surface area contributed by atoms with Crippen molar-refractivity contribution in [3.63, 3.8) is 0 Å². The number of rotatable bonds is 11. The molecule has 46 heavy (non-hydrogen) atoms. The first kappa shape index (κ1) is 34.5. The zero-order valence-corrected chi connectivity index (χ0v) is 27.5. The first-order valence-electron chi connectivity index (χ1n) is 13.4. The maximum Gasteiger partial charge on any atom is 1.00 e. The average molecular weight is 660 g/mol. The number of carbonyl (C=O) groups excluding carboxylic acids is 5. The molecule has 2 atom stereocenters. The minimum Gasteiger partial charge on any atom is -0.544 e. The Kier molecular flexibility index (Phi) is 10.8. The molecule has 2 aromatic carbocycles. The second-order valence-corrected chi connectivity index (χ2v) is 10.9. The molecule has 234 valence electrons. The Balaban J connectivity index is 0.00000480. The van der Waals surface area contributed by atoms with Gasteiger partial charge in [0.15, 0.2) is 22.5 Å². The number of cyclic esters (lactones) is 1. The summed E-state index contributed by atoms with van der Waals surface area (Å²) < 4.78 is 10.9. The van der Waals surface area contributed by atoms with Crippen LogP contribution in [0.25, 0.3) is 0 Å². The van der Waals surface area contributed by atoms with Crippen molar-refractivity contribution >= 4 is 51.9 Å². The fourth-order valence-electron chi connectivity index (χ4n) is 4.92. The van der Waals surface area contributed by atoms with Gasteiger partial charge in [-0.05, 0) is 11.1 Å². The van der Waals surface area contributed by atoms with Crippen LogP contribution in [0.15, 0.2) is 71.2 Å². The van der Waals surface area contributed by atoms with Crippen LogP contribution in [0.5, 0.6) is 0 Å². The summed E-state index contributed by atoms with van der Waals surface area (Å²) in [7, 11) is 1.17. The number of nitrogen functional groups attached to an aromatic ring is 1. The molecule has 1 aromatic heterocycles. The fraction of sp³-hybridized carbons (Fsp3) is 0.276. The van der Waals surface area contributed by atoms with Crippen LogP contribution in [0.3, 0.4) is 0 Å². The molecule has 3 N–H and O–H groups in total. The third kappa shape index (κ3) is 6.90. The van der Waals surface area contributed by atoms with E-state index in [1.54, 1.807) is 60.7 Å². The van der Waals surface area contributed by atoms with E-state index in [0.717, 1.165) is 11.3 Å². The van der Waals surface area contributed by atoms with Gasteiger partial charge < -0.3 is 35.3 Å². The summed E-state index contributed by atoms with van der Waals surface area (Å²) in [4.78, 5) is 79.7. The van der Waals surface area contributed by atoms with Gasteiger partial charge in [0.05, 0.1) is 12.8 Å². The molecule has 2 unspecified atom stereocenters. The summed E-state index contributed by atoms with van der Waals surface area (Å²) in [5, 5.41) is 20.2. The molecule has 17 heteroatoms. The van der Waals surface area contributed by atoms with Crippen molar-refractivity contribution in [2.45, 2.75) is 36.6 Å². The zero-order chi connectivity index (χ0) is 32.2. The van der Waals surface area contributed by atoms with Crippen molar-refractivity contribution in [3.8, 4) is 0 Å². The van der Waals surface area contributed by atoms with Gasteiger partial charge in [-0.1, -0.05) is 65.8 Å². The summed E-state index contributed by atoms with van der Waals surface area (Å²) in [6, 6.07) is 17.6. The van der Waals surface area contributed by atoms with E-state index in [9.17, 15) is 29.1 Å². The number of aliphatic carboxylic acids is 1. The number of hydroxylamine groups is 2. The van der Waals surface area contributed by atoms with Crippen LogP contribution in [-0.2, 0) is 43.1 Å². The predicted octanol–water partition coefficient (Wildman–Crippen LogP) is -2.79. The SMILES string of the molecule is CON=C(C(=O)NC1(CC(=O)OC(c2ccccc2)c2ccccc2)CON(C2(C(=O)[O-])CCC(=O)O2)C1=O)c1csc(N)n1.[Na+]. The van der Waals surface area contributed by atoms with Crippen molar-refractivity contribution in [1.29, 1.82) is 0 Å². The number of nitrogens with one attached hydrogen (secondary N) is 1. The molecule has 0 aliphatic carbocycles. The van der Waals surface area contributed by atoms with Gasteiger partial charge in [0, 0.05) is 11.8 Å². The number of benzene rings is 2. The third-order valence-corrected chi connectivity index (χ3v) is 7.72. The molecule has 0 bridgehead atoms. The smallest absolute Gasteiger partial charge is 0.544 e. The molecule has 2 amide bonds. The number of carboxylic acid groups (broad SMARTS) is 1. The van der Waals surface area contributed by atoms with Crippen LogP contribution < -0.4 is 45.7 Å². The topological polar surface area (TPSA) is 212 Å². The number of carbonyl (C=O) groups is 5. The van der Waals surface area contributed by atoms with E-state index in [2.05, 4.69) is 15.5 Å². The number of carboxylic acids is 1. The third-order valence-electron chi connectivity index (χ3n) is 7.05. The van der Waals surface area contributed by atoms with Gasteiger partial charge in [0.1, 0.15) is 25.4 Å². The van der Waals surface area contributed by atoms with Gasteiger partial charge in [-0.25, -0.2) is 4.98 Å². The molecule has 3 heterocycles. The number of thiazole rings is 1. The van der Waals surface area contributed by atoms with E-state index in [1.807, 2.05) is 0 Å². The Morgan fingerprint density at radius 3 is 2.26 bits per heavy atom. The van der Waals surface area contributed by atoms with Crippen LogP contribution >= 0.6 is 11.3 Å². The number of hydrogen-bond acceptors (Lipinski definition) is 14. The summed E-state index contributed by atoms with van der Waals surface area (Å²) >= 11 is 1.01. The number of nitrogens with two attached hydrogens (primary N) is 1. The van der Waals surface area contributed by atoms with E-state index in [0.29, 0.717) is 16.2 Å². The number of oxime groups is 1. The number of hydrogen-bond donors (Lipinski definition) is 2. The van der Waals surface area contributed by atoms with Crippen LogP contribution in [0.1, 0.15) is 42.2 Å². The largest absolute Gasteiger partial charge is 1.00 e. The van der Waals surface area contributed by atoms with Crippen molar-refractivity contribution in [2.75, 3.05) is 19.5 Å². The molecule has 0 radical (unpaired) electrons. The summed E-state index contributed by atoms with van der Waals surface area (Å²) in [5.74, 6) is -6.06. The summed E-state index contributed by atoms with van der Waals surface area (Å²) in [6.07, 6.45) is -2.59. The van der Waals surface area contributed by atoms with Crippen molar-refractivity contribution < 1.29 is 77.8 Å². The van der Waals surface area contributed by atoms with Gasteiger partial charge in [-0.2, -0.15) is 5.06 Å². The second-order valence-electron chi connectivity index (χ2n) is 10.0. The average Bonchev–Trinajstić information content (AvgIpc) is 3.73. The second kappa shape index (κ2) is 14.4. The summed E-state index contributed by atoms with van der Waals surface area (Å²) in [6.45, 7) is -0.750. The molecular weight excluding hydrogens is 633 g/mol. The maximum absolute atomic E-state index is 14.0. The van der Waals surface area contributed by atoms with E-state index in [4.69, 9.17) is 24.9 Å². The molecular formula is C29H26N5NaO10S. The minimum atomic E-state index is -2.63. The Labute approximate surface area is 287 Å². The molecule has 15 nitrogen and oxygen atoms in total. The van der Waals surface area contributed by atoms with Crippen LogP contribution in [-0.4, -0.2) is 70.5 Å². The number of amides is 2. The molecule has 2 aliphatic rings. The number of anilines is 1. The normalized spacial score (nSPS) is 21.0. The maximum atomic E-state index is 14.0. The molecule has 3 aromatic rings. The monoisotopic (exact) mass is 659 g/mol. The van der Waals surface area contributed by atoms with E-state index >= 15 is 0 Å². The quantitative estimate of drug-likeness (QED) is 0.0926. The van der Waals surface area contributed by atoms with E-state index in [-0.39, 0.29) is 46.8 Å². The number of ether oxygens (including phenoxy) is 2. The zero-order valence-electron chi connectivity index (χ0n) is 24.7. The van der Waals surface area contributed by atoms with Crippen molar-refractivity contribution in [3.05, 3.63) is 82.9 Å². The Morgan fingerprint density at radius 1 is 1.13 bits per heavy atom. The van der Waals surface area contributed by atoms with Gasteiger partial charge in [0.25, 0.3) is 17.5 Å².